The zero-order valence-corrected chi connectivity index (χ0v) is 16.0. The number of para-hydroxylation sites is 1. The highest BCUT2D eigenvalue weighted by Crippen LogP contribution is 2.33. The zero-order valence-electron chi connectivity index (χ0n) is 14.3. The third-order valence-electron chi connectivity index (χ3n) is 4.34. The van der Waals surface area contributed by atoms with Crippen LogP contribution in [0.4, 0.5) is 5.69 Å². The van der Waals surface area contributed by atoms with Gasteiger partial charge in [-0.3, -0.25) is 4.79 Å². The second kappa shape index (κ2) is 8.06. The van der Waals surface area contributed by atoms with E-state index < -0.39 is 5.97 Å². The summed E-state index contributed by atoms with van der Waals surface area (Å²) in [6, 6.07) is 7.55. The second-order valence-electron chi connectivity index (χ2n) is 6.22. The monoisotopic (exact) mass is 375 g/mol. The first kappa shape index (κ1) is 18.0. The number of carbonyl (C=O) groups is 2. The molecule has 25 heavy (non-hydrogen) atoms. The van der Waals surface area contributed by atoms with Crippen LogP contribution in [0, 0.1) is 5.92 Å². The number of hydrogen-bond donors (Lipinski definition) is 1. The molecule has 1 aromatic heterocycles. The Morgan fingerprint density at radius 1 is 1.36 bits per heavy atom. The van der Waals surface area contributed by atoms with Crippen LogP contribution in [0.2, 0.25) is 0 Å². The van der Waals surface area contributed by atoms with Crippen LogP contribution < -0.4 is 5.32 Å². The van der Waals surface area contributed by atoms with Gasteiger partial charge < -0.3 is 10.1 Å². The zero-order chi connectivity index (χ0) is 17.8. The van der Waals surface area contributed by atoms with E-state index >= 15 is 0 Å². The molecule has 1 amide bonds. The van der Waals surface area contributed by atoms with Crippen molar-refractivity contribution in [1.82, 2.24) is 0 Å². The second-order valence-corrected chi connectivity index (χ2v) is 8.04. The number of thiophene rings is 1. The van der Waals surface area contributed by atoms with E-state index in [1.807, 2.05) is 35.9 Å². The van der Waals surface area contributed by atoms with Crippen LogP contribution in [0.25, 0.3) is 0 Å². The molecule has 2 aromatic rings. The maximum absolute atomic E-state index is 12.3. The molecular weight excluding hydrogens is 354 g/mol. The predicted molar refractivity (Wildman–Crippen MR) is 103 cm³/mol. The van der Waals surface area contributed by atoms with Gasteiger partial charge in [0.1, 0.15) is 0 Å². The Hall–Kier alpha value is -1.79. The first-order valence-corrected chi connectivity index (χ1v) is 10.4. The molecule has 6 heteroatoms. The molecule has 1 heterocycles. The first-order valence-electron chi connectivity index (χ1n) is 8.27. The summed E-state index contributed by atoms with van der Waals surface area (Å²) >= 11 is 3.18. The van der Waals surface area contributed by atoms with Crippen molar-refractivity contribution in [2.24, 2.45) is 5.92 Å². The van der Waals surface area contributed by atoms with Crippen molar-refractivity contribution in [2.75, 3.05) is 18.2 Å². The van der Waals surface area contributed by atoms with Crippen molar-refractivity contribution >= 4 is 40.7 Å². The number of carbonyl (C=O) groups excluding carboxylic acids is 2. The van der Waals surface area contributed by atoms with E-state index in [1.54, 1.807) is 23.1 Å². The molecule has 0 spiro atoms. The van der Waals surface area contributed by atoms with Crippen LogP contribution in [-0.2, 0) is 22.4 Å². The van der Waals surface area contributed by atoms with Gasteiger partial charge in [-0.15, -0.1) is 23.1 Å². The molecule has 0 saturated heterocycles. The summed E-state index contributed by atoms with van der Waals surface area (Å²) in [4.78, 5) is 26.7. The first-order chi connectivity index (χ1) is 12.1. The highest BCUT2D eigenvalue weighted by Gasteiger charge is 2.24. The molecule has 3 rings (SSSR count). The van der Waals surface area contributed by atoms with Crippen LogP contribution in [-0.4, -0.2) is 24.7 Å². The summed E-state index contributed by atoms with van der Waals surface area (Å²) in [6.07, 6.45) is 4.98. The molecule has 1 atom stereocenters. The summed E-state index contributed by atoms with van der Waals surface area (Å²) in [5.74, 6) is -0.0646. The molecule has 1 aliphatic carbocycles. The van der Waals surface area contributed by atoms with E-state index in [0.29, 0.717) is 11.5 Å². The standard InChI is InChI=1S/C19H21NO3S2/c1-12-7-8-13-14(11-25-17(13)9-12)19(22)23-10-18(21)20-15-5-3-4-6-16(15)24-2/h3-6,11-12H,7-10H2,1-2H3,(H,20,21). The topological polar surface area (TPSA) is 55.4 Å². The van der Waals surface area contributed by atoms with Gasteiger partial charge in [-0.1, -0.05) is 19.1 Å². The van der Waals surface area contributed by atoms with Gasteiger partial charge in [0, 0.05) is 15.2 Å². The summed E-state index contributed by atoms with van der Waals surface area (Å²) in [6.45, 7) is 1.96. The number of hydrogen-bond acceptors (Lipinski definition) is 5. The number of rotatable bonds is 5. The van der Waals surface area contributed by atoms with Crippen molar-refractivity contribution in [2.45, 2.75) is 31.1 Å². The van der Waals surface area contributed by atoms with Crippen molar-refractivity contribution in [3.05, 3.63) is 45.6 Å². The lowest BCUT2D eigenvalue weighted by atomic mass is 9.88. The van der Waals surface area contributed by atoms with Crippen molar-refractivity contribution in [3.8, 4) is 0 Å². The fourth-order valence-corrected chi connectivity index (χ4v) is 4.78. The Labute approximate surface area is 156 Å². The maximum atomic E-state index is 12.3. The molecule has 132 valence electrons. The Bertz CT molecular complexity index is 785. The lowest BCUT2D eigenvalue weighted by molar-refractivity contribution is -0.119. The number of anilines is 1. The Morgan fingerprint density at radius 3 is 2.96 bits per heavy atom. The van der Waals surface area contributed by atoms with Gasteiger partial charge in [0.25, 0.3) is 5.91 Å². The number of ether oxygens (including phenoxy) is 1. The minimum Gasteiger partial charge on any atom is -0.452 e. The SMILES string of the molecule is CSc1ccccc1NC(=O)COC(=O)c1csc2c1CCC(C)C2. The molecule has 0 saturated carbocycles. The molecule has 4 nitrogen and oxygen atoms in total. The molecule has 1 aromatic carbocycles. The van der Waals surface area contributed by atoms with Crippen LogP contribution in [0.5, 0.6) is 0 Å². The van der Waals surface area contributed by atoms with E-state index in [9.17, 15) is 9.59 Å². The average Bonchev–Trinajstić information content (AvgIpc) is 3.03. The molecule has 0 fully saturated rings. The van der Waals surface area contributed by atoms with Gasteiger partial charge in [0.2, 0.25) is 0 Å². The summed E-state index contributed by atoms with van der Waals surface area (Å²) < 4.78 is 5.24. The molecule has 1 unspecified atom stereocenters. The molecule has 0 bridgehead atoms. The molecule has 0 radical (unpaired) electrons. The van der Waals surface area contributed by atoms with E-state index in [-0.39, 0.29) is 12.5 Å². The minimum atomic E-state index is -0.402. The van der Waals surface area contributed by atoms with Crippen LogP contribution in [0.3, 0.4) is 0 Å². The Morgan fingerprint density at radius 2 is 2.16 bits per heavy atom. The highest BCUT2D eigenvalue weighted by atomic mass is 32.2. The maximum Gasteiger partial charge on any atom is 0.339 e. The predicted octanol–water partition coefficient (Wildman–Crippen LogP) is 4.39. The number of thioether (sulfide) groups is 1. The van der Waals surface area contributed by atoms with Gasteiger partial charge in [0.15, 0.2) is 6.61 Å². The van der Waals surface area contributed by atoms with Gasteiger partial charge in [0.05, 0.1) is 11.3 Å². The minimum absolute atomic E-state index is 0.275. The summed E-state index contributed by atoms with van der Waals surface area (Å²) in [7, 11) is 0. The number of benzene rings is 1. The molecular formula is C19H21NO3S2. The van der Waals surface area contributed by atoms with Crippen LogP contribution in [0.1, 0.15) is 34.1 Å². The highest BCUT2D eigenvalue weighted by molar-refractivity contribution is 7.98. The summed E-state index contributed by atoms with van der Waals surface area (Å²) in [5.41, 5.74) is 2.48. The Balaban J connectivity index is 1.58. The van der Waals surface area contributed by atoms with Gasteiger partial charge in [-0.05, 0) is 49.1 Å². The van der Waals surface area contributed by atoms with Crippen LogP contribution in [0.15, 0.2) is 34.5 Å². The van der Waals surface area contributed by atoms with E-state index in [1.165, 1.54) is 4.88 Å². The normalized spacial score (nSPS) is 16.2. The third-order valence-corrected chi connectivity index (χ3v) is 6.18. The fourth-order valence-electron chi connectivity index (χ4n) is 2.99. The van der Waals surface area contributed by atoms with Crippen molar-refractivity contribution < 1.29 is 14.3 Å². The number of nitrogens with one attached hydrogen (secondary N) is 1. The van der Waals surface area contributed by atoms with Crippen molar-refractivity contribution in [1.29, 1.82) is 0 Å². The molecule has 0 aliphatic heterocycles. The third kappa shape index (κ3) is 4.25. The molecule has 1 aliphatic rings. The summed E-state index contributed by atoms with van der Waals surface area (Å²) in [5, 5.41) is 4.66. The van der Waals surface area contributed by atoms with Gasteiger partial charge in [-0.2, -0.15) is 0 Å². The Kier molecular flexibility index (Phi) is 5.81. The number of esters is 1. The van der Waals surface area contributed by atoms with Crippen LogP contribution >= 0.6 is 23.1 Å². The average molecular weight is 376 g/mol. The fraction of sp³-hybridized carbons (Fsp3) is 0.368. The van der Waals surface area contributed by atoms with E-state index in [2.05, 4.69) is 12.2 Å². The van der Waals surface area contributed by atoms with Gasteiger partial charge in [-0.25, -0.2) is 4.79 Å². The lowest BCUT2D eigenvalue weighted by Gasteiger charge is -2.18. The van der Waals surface area contributed by atoms with Gasteiger partial charge >= 0.3 is 5.97 Å². The number of amides is 1. The number of fused-ring (bicyclic) bond motifs is 1. The lowest BCUT2D eigenvalue weighted by Crippen LogP contribution is -2.22. The van der Waals surface area contributed by atoms with Crippen molar-refractivity contribution in [3.63, 3.8) is 0 Å². The smallest absolute Gasteiger partial charge is 0.339 e. The largest absolute Gasteiger partial charge is 0.452 e. The quantitative estimate of drug-likeness (QED) is 0.622. The van der Waals surface area contributed by atoms with E-state index in [4.69, 9.17) is 4.74 Å². The van der Waals surface area contributed by atoms with E-state index in [0.717, 1.165) is 35.4 Å². The molecule has 1 N–H and O–H groups in total.